The maximum absolute atomic E-state index is 13.4. The topological polar surface area (TPSA) is 81.8 Å². The first-order valence-corrected chi connectivity index (χ1v) is 11.0. The van der Waals surface area contributed by atoms with Crippen LogP contribution in [-0.2, 0) is 16.0 Å². The number of benzene rings is 2. The number of hydrogen-bond donors (Lipinski definition) is 2. The van der Waals surface area contributed by atoms with E-state index in [4.69, 9.17) is 23.2 Å². The molecule has 172 valence electrons. The van der Waals surface area contributed by atoms with E-state index < -0.39 is 11.9 Å². The van der Waals surface area contributed by atoms with E-state index in [-0.39, 0.29) is 30.9 Å². The van der Waals surface area contributed by atoms with Crippen molar-refractivity contribution < 1.29 is 18.8 Å². The summed E-state index contributed by atoms with van der Waals surface area (Å²) < 4.78 is 13.4. The Kier molecular flexibility index (Phi) is 6.58. The van der Waals surface area contributed by atoms with Gasteiger partial charge in [-0.05, 0) is 41.8 Å². The Hall–Kier alpha value is -3.10. The monoisotopic (exact) mass is 490 g/mol. The third kappa shape index (κ3) is 4.82. The molecule has 0 aliphatic carbocycles. The van der Waals surface area contributed by atoms with E-state index >= 15 is 0 Å². The van der Waals surface area contributed by atoms with E-state index in [0.717, 1.165) is 5.56 Å². The zero-order valence-corrected chi connectivity index (χ0v) is 19.2. The van der Waals surface area contributed by atoms with E-state index in [0.29, 0.717) is 39.8 Å². The molecule has 2 N–H and O–H groups in total. The van der Waals surface area contributed by atoms with Crippen LogP contribution >= 0.6 is 23.2 Å². The van der Waals surface area contributed by atoms with Crippen molar-refractivity contribution >= 4 is 41.0 Å². The SMILES string of the molecule is CN1C(=O)NC(c2ccc(F)cc2)C2=C1CN(CC(=O)NCCc1ccc(Cl)cc1Cl)C2=O. The van der Waals surface area contributed by atoms with E-state index in [1.165, 1.54) is 34.1 Å². The number of carbonyl (C=O) groups excluding carboxylic acids is 3. The lowest BCUT2D eigenvalue weighted by Crippen LogP contribution is -2.45. The van der Waals surface area contributed by atoms with Gasteiger partial charge in [-0.1, -0.05) is 41.4 Å². The number of nitrogens with one attached hydrogen (secondary N) is 2. The fraction of sp³-hybridized carbons (Fsp3) is 0.261. The molecule has 4 amide bonds. The molecule has 7 nitrogen and oxygen atoms in total. The number of amides is 4. The van der Waals surface area contributed by atoms with Gasteiger partial charge in [0.15, 0.2) is 0 Å². The molecule has 1 unspecified atom stereocenters. The van der Waals surface area contributed by atoms with Crippen LogP contribution in [0.15, 0.2) is 53.7 Å². The van der Waals surface area contributed by atoms with Gasteiger partial charge in [-0.15, -0.1) is 0 Å². The standard InChI is InChI=1S/C23H21Cl2FN4O3/c1-29-18-11-30(12-19(31)27-9-8-13-2-5-15(24)10-17(13)25)22(32)20(18)21(28-23(29)33)14-3-6-16(26)7-4-14/h2-7,10,21H,8-9,11-12H2,1H3,(H,27,31)(H,28,33). The van der Waals surface area contributed by atoms with Crippen LogP contribution in [-0.4, -0.2) is 54.3 Å². The Morgan fingerprint density at radius 3 is 2.61 bits per heavy atom. The molecule has 0 saturated carbocycles. The lowest BCUT2D eigenvalue weighted by molar-refractivity contribution is -0.131. The van der Waals surface area contributed by atoms with Crippen molar-refractivity contribution in [1.29, 1.82) is 0 Å². The van der Waals surface area contributed by atoms with Gasteiger partial charge in [-0.2, -0.15) is 0 Å². The number of hydrogen-bond acceptors (Lipinski definition) is 3. The molecule has 2 aromatic carbocycles. The second-order valence-corrected chi connectivity index (χ2v) is 8.69. The van der Waals surface area contributed by atoms with Gasteiger partial charge < -0.3 is 15.5 Å². The predicted molar refractivity (Wildman–Crippen MR) is 122 cm³/mol. The predicted octanol–water partition coefficient (Wildman–Crippen LogP) is 3.28. The first kappa shape index (κ1) is 23.1. The van der Waals surface area contributed by atoms with Crippen LogP contribution in [0.5, 0.6) is 0 Å². The summed E-state index contributed by atoms with van der Waals surface area (Å²) in [6.45, 7) is 0.318. The second-order valence-electron chi connectivity index (χ2n) is 7.85. The van der Waals surface area contributed by atoms with Crippen LogP contribution in [0.4, 0.5) is 9.18 Å². The van der Waals surface area contributed by atoms with Crippen LogP contribution < -0.4 is 10.6 Å². The molecule has 1 atom stereocenters. The Bertz CT molecular complexity index is 1150. The van der Waals surface area contributed by atoms with Crippen molar-refractivity contribution in [3.05, 3.63) is 80.7 Å². The van der Waals surface area contributed by atoms with Gasteiger partial charge in [0.05, 0.1) is 23.9 Å². The summed E-state index contributed by atoms with van der Waals surface area (Å²) >= 11 is 12.1. The second kappa shape index (κ2) is 9.41. The molecular weight excluding hydrogens is 470 g/mol. The highest BCUT2D eigenvalue weighted by atomic mass is 35.5. The first-order chi connectivity index (χ1) is 15.7. The van der Waals surface area contributed by atoms with Gasteiger partial charge in [0, 0.05) is 23.6 Å². The quantitative estimate of drug-likeness (QED) is 0.651. The van der Waals surface area contributed by atoms with Crippen LogP contribution in [0.1, 0.15) is 17.2 Å². The molecule has 2 heterocycles. The molecule has 0 bridgehead atoms. The molecule has 33 heavy (non-hydrogen) atoms. The Balaban J connectivity index is 1.41. The van der Waals surface area contributed by atoms with Crippen LogP contribution in [0, 0.1) is 5.82 Å². The fourth-order valence-corrected chi connectivity index (χ4v) is 4.45. The molecule has 10 heteroatoms. The minimum absolute atomic E-state index is 0.131. The largest absolute Gasteiger partial charge is 0.354 e. The molecule has 2 aliphatic heterocycles. The van der Waals surface area contributed by atoms with Gasteiger partial charge in [-0.25, -0.2) is 9.18 Å². The van der Waals surface area contributed by atoms with E-state index in [9.17, 15) is 18.8 Å². The Morgan fingerprint density at radius 2 is 1.91 bits per heavy atom. The summed E-state index contributed by atoms with van der Waals surface area (Å²) in [5.41, 5.74) is 2.34. The summed E-state index contributed by atoms with van der Waals surface area (Å²) in [6.07, 6.45) is 0.512. The van der Waals surface area contributed by atoms with Crippen molar-refractivity contribution in [3.63, 3.8) is 0 Å². The molecule has 2 aromatic rings. The van der Waals surface area contributed by atoms with Gasteiger partial charge in [0.2, 0.25) is 5.91 Å². The molecule has 0 aromatic heterocycles. The molecular formula is C23H21Cl2FN4O3. The Morgan fingerprint density at radius 1 is 1.18 bits per heavy atom. The first-order valence-electron chi connectivity index (χ1n) is 10.3. The van der Waals surface area contributed by atoms with E-state index in [1.54, 1.807) is 25.2 Å². The van der Waals surface area contributed by atoms with Gasteiger partial charge in [0.25, 0.3) is 5.91 Å². The molecule has 0 radical (unpaired) electrons. The van der Waals surface area contributed by atoms with Gasteiger partial charge in [-0.3, -0.25) is 14.5 Å². The minimum atomic E-state index is -0.711. The maximum Gasteiger partial charge on any atom is 0.322 e. The number of carbonyl (C=O) groups is 3. The van der Waals surface area contributed by atoms with E-state index in [1.807, 2.05) is 0 Å². The maximum atomic E-state index is 13.4. The number of urea groups is 1. The molecule has 4 rings (SSSR count). The number of halogens is 3. The zero-order valence-electron chi connectivity index (χ0n) is 17.7. The average molecular weight is 491 g/mol. The van der Waals surface area contributed by atoms with Crippen molar-refractivity contribution in [1.82, 2.24) is 20.4 Å². The number of nitrogens with zero attached hydrogens (tertiary/aromatic N) is 2. The summed E-state index contributed by atoms with van der Waals surface area (Å²) in [5, 5.41) is 6.63. The van der Waals surface area contributed by atoms with Crippen molar-refractivity contribution in [2.75, 3.05) is 26.7 Å². The Labute approximate surface area is 200 Å². The summed E-state index contributed by atoms with van der Waals surface area (Å²) in [6, 6.07) is 9.69. The van der Waals surface area contributed by atoms with E-state index in [2.05, 4.69) is 10.6 Å². The minimum Gasteiger partial charge on any atom is -0.354 e. The van der Waals surface area contributed by atoms with Gasteiger partial charge >= 0.3 is 6.03 Å². The highest BCUT2D eigenvalue weighted by Crippen LogP contribution is 2.35. The molecule has 0 fully saturated rings. The third-order valence-electron chi connectivity index (χ3n) is 5.70. The normalized spacial score (nSPS) is 17.9. The smallest absolute Gasteiger partial charge is 0.322 e. The molecule has 0 saturated heterocycles. The lowest BCUT2D eigenvalue weighted by atomic mass is 9.96. The summed E-state index contributed by atoms with van der Waals surface area (Å²) in [4.78, 5) is 40.8. The van der Waals surface area contributed by atoms with Gasteiger partial charge in [0.1, 0.15) is 12.4 Å². The van der Waals surface area contributed by atoms with Crippen LogP contribution in [0.3, 0.4) is 0 Å². The van der Waals surface area contributed by atoms with Crippen molar-refractivity contribution in [3.8, 4) is 0 Å². The number of likely N-dealkylation sites (N-methyl/N-ethyl adjacent to an activating group) is 1. The molecule has 0 spiro atoms. The van der Waals surface area contributed by atoms with Crippen molar-refractivity contribution in [2.24, 2.45) is 0 Å². The molecule has 2 aliphatic rings. The van der Waals surface area contributed by atoms with Crippen LogP contribution in [0.2, 0.25) is 10.0 Å². The summed E-state index contributed by atoms with van der Waals surface area (Å²) in [7, 11) is 1.57. The third-order valence-corrected chi connectivity index (χ3v) is 6.29. The van der Waals surface area contributed by atoms with Crippen molar-refractivity contribution in [2.45, 2.75) is 12.5 Å². The lowest BCUT2D eigenvalue weighted by Gasteiger charge is -2.31. The zero-order chi connectivity index (χ0) is 23.7. The fourth-order valence-electron chi connectivity index (χ4n) is 3.95. The van der Waals surface area contributed by atoms with Crippen LogP contribution in [0.25, 0.3) is 0 Å². The average Bonchev–Trinajstić information content (AvgIpc) is 3.09. The number of rotatable bonds is 6. The highest BCUT2D eigenvalue weighted by Gasteiger charge is 2.43. The highest BCUT2D eigenvalue weighted by molar-refractivity contribution is 6.35. The summed E-state index contributed by atoms with van der Waals surface area (Å²) in [5.74, 6) is -1.08.